The monoisotopic (exact) mass is 889 g/mol. The van der Waals surface area contributed by atoms with E-state index in [2.05, 4.69) is 4.98 Å². The number of nitrogens with two attached hydrogens (primary N) is 1. The SMILES string of the molecule is C[C@@H](OC(=O)OCc1ccc([N+](=O)[O-])cc1)[C@H]1C(=O)N2C(C(=O)OCc3ccc([N+](=O)[O-])cc3)=C(S[C@H]3C[C@@H](c4csc(N)n4)N(C(=O)OCc4ccc([N+](=O)[O-])cc4)C3)C[C@H]12. The molecule has 23 heteroatoms. The molecule has 7 rings (SSSR count). The van der Waals surface area contributed by atoms with Crippen LogP contribution in [-0.4, -0.2) is 77.6 Å². The van der Waals surface area contributed by atoms with Crippen molar-refractivity contribution in [2.75, 3.05) is 12.3 Å². The minimum Gasteiger partial charge on any atom is -0.456 e. The molecule has 2 amide bonds. The third-order valence-electron chi connectivity index (χ3n) is 10.4. The molecule has 2 saturated heterocycles. The Morgan fingerprint density at radius 2 is 1.35 bits per heavy atom. The number of hydrogen-bond acceptors (Lipinski definition) is 18. The second-order valence-corrected chi connectivity index (χ2v) is 16.6. The lowest BCUT2D eigenvalue weighted by Gasteiger charge is -2.45. The first-order valence-corrected chi connectivity index (χ1v) is 20.5. The van der Waals surface area contributed by atoms with Crippen molar-refractivity contribution in [3.05, 3.63) is 142 Å². The minimum atomic E-state index is -1.08. The summed E-state index contributed by atoms with van der Waals surface area (Å²) in [4.78, 5) is 93.2. The van der Waals surface area contributed by atoms with Crippen LogP contribution in [-0.2, 0) is 48.4 Å². The Balaban J connectivity index is 1.06. The van der Waals surface area contributed by atoms with Gasteiger partial charge in [-0.25, -0.2) is 19.4 Å². The van der Waals surface area contributed by atoms with Crippen molar-refractivity contribution in [1.82, 2.24) is 14.8 Å². The maximum Gasteiger partial charge on any atom is 0.508 e. The Hall–Kier alpha value is -7.14. The number of nitro groups is 3. The molecule has 21 nitrogen and oxygen atoms in total. The van der Waals surface area contributed by atoms with Gasteiger partial charge in [-0.2, -0.15) is 0 Å². The summed E-state index contributed by atoms with van der Waals surface area (Å²) >= 11 is 2.47. The van der Waals surface area contributed by atoms with Gasteiger partial charge < -0.3 is 29.6 Å². The quantitative estimate of drug-likeness (QED) is 0.0434. The molecule has 0 unspecified atom stereocenters. The van der Waals surface area contributed by atoms with Crippen LogP contribution in [0, 0.1) is 36.3 Å². The molecule has 0 saturated carbocycles. The van der Waals surface area contributed by atoms with Gasteiger partial charge in [-0.1, -0.05) is 0 Å². The van der Waals surface area contributed by atoms with E-state index in [4.69, 9.17) is 24.7 Å². The lowest BCUT2D eigenvalue weighted by Crippen LogP contribution is -2.62. The molecule has 5 atom stereocenters. The van der Waals surface area contributed by atoms with Gasteiger partial charge in [-0.15, -0.1) is 23.1 Å². The Labute approximate surface area is 358 Å². The molecule has 2 fully saturated rings. The number of aromatic nitrogens is 1. The topological polar surface area (TPSA) is 280 Å². The number of esters is 1. The third kappa shape index (κ3) is 9.42. The third-order valence-corrected chi connectivity index (χ3v) is 12.4. The molecule has 3 aliphatic rings. The highest BCUT2D eigenvalue weighted by Crippen LogP contribution is 2.51. The van der Waals surface area contributed by atoms with Crippen LogP contribution in [0.4, 0.5) is 31.8 Å². The standard InChI is InChI=1S/C39H35N7O14S2/c1-21(60-39(50)59-19-24-6-12-27(13-7-24)46(55)56)33-31-15-32(34(43(31)35(33)47)36(48)57-17-22-2-8-25(9-3-22)44(51)52)62-28-14-30(29-20-61-37(40)41-29)42(16-28)38(49)58-18-23-4-10-26(11-5-23)45(53)54/h2-13,20-21,28,30-31,33H,14-19H2,1H3,(H2,40,41)/t21-,28+,30+,31-,33-/m1/s1. The Morgan fingerprint density at radius 1 is 0.839 bits per heavy atom. The summed E-state index contributed by atoms with van der Waals surface area (Å²) in [6, 6.07) is 15.2. The molecule has 4 aromatic rings. The van der Waals surface area contributed by atoms with Crippen molar-refractivity contribution in [2.24, 2.45) is 5.92 Å². The molecule has 0 aliphatic carbocycles. The van der Waals surface area contributed by atoms with Crippen molar-refractivity contribution >= 4 is 69.4 Å². The zero-order chi connectivity index (χ0) is 44.2. The summed E-state index contributed by atoms with van der Waals surface area (Å²) in [5.74, 6) is -2.22. The predicted octanol–water partition coefficient (Wildman–Crippen LogP) is 6.56. The summed E-state index contributed by atoms with van der Waals surface area (Å²) < 4.78 is 22.0. The minimum absolute atomic E-state index is 0.0234. The van der Waals surface area contributed by atoms with Crippen LogP contribution in [0.1, 0.15) is 48.2 Å². The number of nitro benzene ring substituents is 3. The number of likely N-dealkylation sites (tertiary alicyclic amines) is 1. The van der Waals surface area contributed by atoms with Crippen LogP contribution in [0.25, 0.3) is 0 Å². The molecule has 0 radical (unpaired) electrons. The molecule has 3 aliphatic heterocycles. The molecule has 4 heterocycles. The normalized spacial score (nSPS) is 19.6. The molecule has 1 aromatic heterocycles. The molecule has 2 N–H and O–H groups in total. The number of carbonyl (C=O) groups excluding carboxylic acids is 4. The number of fused-ring (bicyclic) bond motifs is 1. The fraction of sp³-hybridized carbons (Fsp3) is 0.308. The number of nitrogens with zero attached hydrogens (tertiary/aromatic N) is 6. The van der Waals surface area contributed by atoms with Crippen LogP contribution >= 0.6 is 23.1 Å². The summed E-state index contributed by atoms with van der Waals surface area (Å²) in [5, 5.41) is 34.8. The summed E-state index contributed by atoms with van der Waals surface area (Å²) in [6.07, 6.45) is -2.24. The number of nitrogen functional groups attached to an aromatic ring is 1. The molecule has 3 aromatic carbocycles. The van der Waals surface area contributed by atoms with E-state index < -0.39 is 63.0 Å². The Kier molecular flexibility index (Phi) is 12.6. The number of amides is 2. The lowest BCUT2D eigenvalue weighted by atomic mass is 9.83. The van der Waals surface area contributed by atoms with E-state index in [-0.39, 0.29) is 65.9 Å². The van der Waals surface area contributed by atoms with E-state index in [9.17, 15) is 49.5 Å². The average molecular weight is 890 g/mol. The number of thioether (sulfide) groups is 1. The number of thiazole rings is 1. The van der Waals surface area contributed by atoms with Crippen LogP contribution < -0.4 is 5.73 Å². The van der Waals surface area contributed by atoms with Gasteiger partial charge in [0.25, 0.3) is 17.1 Å². The zero-order valence-electron chi connectivity index (χ0n) is 32.4. The lowest BCUT2D eigenvalue weighted by molar-refractivity contribution is -0.385. The van der Waals surface area contributed by atoms with Crippen LogP contribution in [0.2, 0.25) is 0 Å². The molecule has 0 bridgehead atoms. The maximum atomic E-state index is 13.9. The van der Waals surface area contributed by atoms with Crippen molar-refractivity contribution in [2.45, 2.75) is 63.0 Å². The Morgan fingerprint density at radius 3 is 1.85 bits per heavy atom. The van der Waals surface area contributed by atoms with Gasteiger partial charge in [0.05, 0.1) is 38.5 Å². The first-order valence-electron chi connectivity index (χ1n) is 18.7. The van der Waals surface area contributed by atoms with E-state index in [0.717, 1.165) is 0 Å². The smallest absolute Gasteiger partial charge is 0.456 e. The van der Waals surface area contributed by atoms with Gasteiger partial charge in [0.15, 0.2) is 5.13 Å². The van der Waals surface area contributed by atoms with Crippen LogP contribution in [0.3, 0.4) is 0 Å². The fourth-order valence-corrected chi connectivity index (χ4v) is 9.41. The van der Waals surface area contributed by atoms with E-state index in [0.29, 0.717) is 33.7 Å². The zero-order valence-corrected chi connectivity index (χ0v) is 34.1. The Bertz CT molecular complexity index is 2450. The second-order valence-electron chi connectivity index (χ2n) is 14.3. The number of anilines is 1. The van der Waals surface area contributed by atoms with Crippen LogP contribution in [0.15, 0.2) is 88.8 Å². The largest absolute Gasteiger partial charge is 0.508 e. The average Bonchev–Trinajstić information content (AvgIpc) is 3.97. The number of non-ortho nitro benzene ring substituents is 3. The highest BCUT2D eigenvalue weighted by molar-refractivity contribution is 8.03. The number of benzene rings is 3. The van der Waals surface area contributed by atoms with Gasteiger partial charge in [-0.05, 0) is 66.4 Å². The van der Waals surface area contributed by atoms with Crippen molar-refractivity contribution in [3.63, 3.8) is 0 Å². The van der Waals surface area contributed by atoms with E-state index in [1.807, 2.05) is 0 Å². The summed E-state index contributed by atoms with van der Waals surface area (Å²) in [5.41, 5.74) is 7.50. The highest BCUT2D eigenvalue weighted by atomic mass is 32.2. The molecule has 0 spiro atoms. The summed E-state index contributed by atoms with van der Waals surface area (Å²) in [7, 11) is 0. The predicted molar refractivity (Wildman–Crippen MR) is 218 cm³/mol. The number of rotatable bonds is 15. The van der Waals surface area contributed by atoms with Gasteiger partial charge in [-0.3, -0.25) is 40.0 Å². The van der Waals surface area contributed by atoms with Crippen molar-refractivity contribution < 1.29 is 52.9 Å². The first kappa shape index (κ1) is 43.0. The van der Waals surface area contributed by atoms with Gasteiger partial charge in [0.1, 0.15) is 31.6 Å². The van der Waals surface area contributed by atoms with Crippen molar-refractivity contribution in [3.8, 4) is 0 Å². The van der Waals surface area contributed by atoms with E-state index in [1.165, 1.54) is 113 Å². The molecular formula is C39H35N7O14S2. The number of hydrogen-bond donors (Lipinski definition) is 1. The number of ether oxygens (including phenoxy) is 4. The molecule has 62 heavy (non-hydrogen) atoms. The van der Waals surface area contributed by atoms with Gasteiger partial charge in [0, 0.05) is 64.9 Å². The van der Waals surface area contributed by atoms with Crippen LogP contribution in [0.5, 0.6) is 0 Å². The maximum absolute atomic E-state index is 13.9. The molecular weight excluding hydrogens is 855 g/mol. The van der Waals surface area contributed by atoms with Gasteiger partial charge >= 0.3 is 18.2 Å². The van der Waals surface area contributed by atoms with Crippen molar-refractivity contribution in [1.29, 1.82) is 0 Å². The van der Waals surface area contributed by atoms with E-state index >= 15 is 0 Å². The highest BCUT2D eigenvalue weighted by Gasteiger charge is 2.58. The summed E-state index contributed by atoms with van der Waals surface area (Å²) in [6.45, 7) is 0.967. The molecule has 322 valence electrons. The van der Waals surface area contributed by atoms with Gasteiger partial charge in [0.2, 0.25) is 5.91 Å². The van der Waals surface area contributed by atoms with E-state index in [1.54, 1.807) is 5.38 Å². The first-order chi connectivity index (χ1) is 29.7. The number of carbonyl (C=O) groups is 4. The fourth-order valence-electron chi connectivity index (χ4n) is 7.32. The number of β-lactam (4-membered cyclic amide) rings is 1. The second kappa shape index (κ2) is 18.2.